The van der Waals surface area contributed by atoms with Gasteiger partial charge in [0.2, 0.25) is 5.90 Å². The highest BCUT2D eigenvalue weighted by atomic mass is 79.9. The van der Waals surface area contributed by atoms with E-state index < -0.39 is 10.9 Å². The molecule has 1 aliphatic heterocycles. The molecule has 0 radical (unpaired) electrons. The van der Waals surface area contributed by atoms with Gasteiger partial charge < -0.3 is 9.47 Å². The second-order valence-electron chi connectivity index (χ2n) is 7.24. The van der Waals surface area contributed by atoms with Gasteiger partial charge in [0.05, 0.1) is 13.9 Å². The lowest BCUT2D eigenvalue weighted by molar-refractivity contribution is -0.385. The molecule has 172 valence electrons. The van der Waals surface area contributed by atoms with E-state index >= 15 is 0 Å². The number of hydrogen-bond acceptors (Lipinski definition) is 6. The fourth-order valence-electron chi connectivity index (χ4n) is 3.30. The number of ether oxygens (including phenoxy) is 2. The van der Waals surface area contributed by atoms with Gasteiger partial charge in [0.25, 0.3) is 5.69 Å². The number of benzene rings is 3. The van der Waals surface area contributed by atoms with Crippen molar-refractivity contribution in [3.63, 3.8) is 0 Å². The van der Waals surface area contributed by atoms with Crippen LogP contribution in [0.4, 0.5) is 5.69 Å². The van der Waals surface area contributed by atoms with Crippen LogP contribution in [-0.2, 0) is 16.1 Å². The van der Waals surface area contributed by atoms with Gasteiger partial charge in [0.15, 0.2) is 5.70 Å². The number of nitro benzene ring substituents is 1. The summed E-state index contributed by atoms with van der Waals surface area (Å²) in [6.07, 6.45) is 1.58. The Morgan fingerprint density at radius 3 is 2.44 bits per heavy atom. The number of cyclic esters (lactones) is 1. The van der Waals surface area contributed by atoms with Gasteiger partial charge in [-0.1, -0.05) is 40.2 Å². The third-order valence-electron chi connectivity index (χ3n) is 5.01. The minimum atomic E-state index is -0.637. The van der Waals surface area contributed by atoms with Crippen LogP contribution in [0.3, 0.4) is 0 Å². The third-order valence-corrected chi connectivity index (χ3v) is 6.96. The molecule has 1 aliphatic rings. The first-order valence-electron chi connectivity index (χ1n) is 9.87. The molecule has 10 heteroatoms. The Kier molecular flexibility index (Phi) is 7.30. The van der Waals surface area contributed by atoms with Crippen molar-refractivity contribution in [3.05, 3.63) is 106 Å². The molecule has 0 saturated carbocycles. The molecule has 0 fully saturated rings. The second-order valence-corrected chi connectivity index (χ2v) is 9.80. The van der Waals surface area contributed by atoms with Gasteiger partial charge in [-0.05, 0) is 74.7 Å². The van der Waals surface area contributed by atoms with Gasteiger partial charge in [-0.3, -0.25) is 10.1 Å². The van der Waals surface area contributed by atoms with E-state index in [1.807, 2.05) is 24.3 Å². The monoisotopic (exact) mass is 648 g/mol. The summed E-state index contributed by atoms with van der Waals surface area (Å²) in [5.41, 5.74) is 2.46. The SMILES string of the molecule is Cc1c(C2=N/C(=C\c3cc(Br)c(OCc4ccccc4Br)c(Br)c3)C(=O)O2)cccc1[N+](=O)[O-]. The normalized spacial score (nSPS) is 14.2. The maximum absolute atomic E-state index is 12.4. The number of carbonyl (C=O) groups is 1. The quantitative estimate of drug-likeness (QED) is 0.123. The second kappa shape index (κ2) is 10.2. The standard InChI is InChI=1S/C24H15Br3N2O5/c1-13-16(6-4-8-21(13)29(31)32)23-28-20(24(30)34-23)11-14-9-18(26)22(19(27)10-14)33-12-15-5-2-3-7-17(15)25/h2-11H,12H2,1H3/b20-11-. The lowest BCUT2D eigenvalue weighted by Gasteiger charge is -2.12. The summed E-state index contributed by atoms with van der Waals surface area (Å²) in [6.45, 7) is 1.95. The van der Waals surface area contributed by atoms with Crippen LogP contribution < -0.4 is 4.74 Å². The zero-order valence-corrected chi connectivity index (χ0v) is 22.3. The van der Waals surface area contributed by atoms with Gasteiger partial charge in [0.1, 0.15) is 12.4 Å². The molecule has 1 heterocycles. The van der Waals surface area contributed by atoms with Crippen molar-refractivity contribution in [2.24, 2.45) is 4.99 Å². The zero-order chi connectivity index (χ0) is 24.4. The third kappa shape index (κ3) is 5.13. The summed E-state index contributed by atoms with van der Waals surface area (Å²) in [5.74, 6) is 0.00897. The van der Waals surface area contributed by atoms with E-state index in [9.17, 15) is 14.9 Å². The molecule has 34 heavy (non-hydrogen) atoms. The van der Waals surface area contributed by atoms with E-state index in [1.54, 1.807) is 31.2 Å². The number of hydrogen-bond donors (Lipinski definition) is 0. The Morgan fingerprint density at radius 2 is 1.76 bits per heavy atom. The van der Waals surface area contributed by atoms with Crippen LogP contribution in [0, 0.1) is 17.0 Å². The molecule has 0 spiro atoms. The van der Waals surface area contributed by atoms with Crippen LogP contribution in [0.1, 0.15) is 22.3 Å². The zero-order valence-electron chi connectivity index (χ0n) is 17.6. The largest absolute Gasteiger partial charge is 0.486 e. The molecule has 0 aromatic heterocycles. The van der Waals surface area contributed by atoms with Crippen LogP contribution >= 0.6 is 47.8 Å². The number of rotatable bonds is 6. The summed E-state index contributed by atoms with van der Waals surface area (Å²) >= 11 is 10.6. The Hall–Kier alpha value is -2.82. The molecule has 0 bridgehead atoms. The van der Waals surface area contributed by atoms with E-state index in [2.05, 4.69) is 52.8 Å². The highest BCUT2D eigenvalue weighted by Crippen LogP contribution is 2.37. The molecule has 0 atom stereocenters. The first-order valence-corrected chi connectivity index (χ1v) is 12.2. The molecule has 3 aromatic rings. The van der Waals surface area contributed by atoms with E-state index in [-0.39, 0.29) is 17.3 Å². The van der Waals surface area contributed by atoms with Crippen LogP contribution in [0.2, 0.25) is 0 Å². The topological polar surface area (TPSA) is 91.0 Å². The van der Waals surface area contributed by atoms with E-state index in [4.69, 9.17) is 9.47 Å². The summed E-state index contributed by atoms with van der Waals surface area (Å²) in [7, 11) is 0. The van der Waals surface area contributed by atoms with E-state index in [0.717, 1.165) is 10.0 Å². The number of nitro groups is 1. The maximum Gasteiger partial charge on any atom is 0.363 e. The van der Waals surface area contributed by atoms with Crippen molar-refractivity contribution in [2.75, 3.05) is 0 Å². The van der Waals surface area contributed by atoms with Gasteiger partial charge in [-0.2, -0.15) is 0 Å². The van der Waals surface area contributed by atoms with Crippen molar-refractivity contribution in [2.45, 2.75) is 13.5 Å². The summed E-state index contributed by atoms with van der Waals surface area (Å²) in [5, 5.41) is 11.2. The molecular weight excluding hydrogens is 636 g/mol. The van der Waals surface area contributed by atoms with Gasteiger partial charge in [0, 0.05) is 27.2 Å². The predicted molar refractivity (Wildman–Crippen MR) is 139 cm³/mol. The average molecular weight is 651 g/mol. The maximum atomic E-state index is 12.4. The Morgan fingerprint density at radius 1 is 1.06 bits per heavy atom. The fourth-order valence-corrected chi connectivity index (χ4v) is 5.15. The molecule has 0 unspecified atom stereocenters. The lowest BCUT2D eigenvalue weighted by atomic mass is 10.1. The van der Waals surface area contributed by atoms with E-state index in [0.29, 0.717) is 38.0 Å². The van der Waals surface area contributed by atoms with Crippen molar-refractivity contribution in [3.8, 4) is 5.75 Å². The van der Waals surface area contributed by atoms with Gasteiger partial charge in [-0.15, -0.1) is 0 Å². The first-order chi connectivity index (χ1) is 16.2. The van der Waals surface area contributed by atoms with Crippen molar-refractivity contribution < 1.29 is 19.2 Å². The number of nitrogens with zero attached hydrogens (tertiary/aromatic N) is 2. The van der Waals surface area contributed by atoms with Crippen molar-refractivity contribution >= 4 is 71.4 Å². The van der Waals surface area contributed by atoms with Crippen molar-refractivity contribution in [1.82, 2.24) is 0 Å². The van der Waals surface area contributed by atoms with Crippen molar-refractivity contribution in [1.29, 1.82) is 0 Å². The number of aliphatic imine (C=N–C) groups is 1. The smallest absolute Gasteiger partial charge is 0.363 e. The molecule has 0 saturated heterocycles. The average Bonchev–Trinajstić information content (AvgIpc) is 3.14. The van der Waals surface area contributed by atoms with E-state index in [1.165, 1.54) is 12.1 Å². The summed E-state index contributed by atoms with van der Waals surface area (Å²) < 4.78 is 13.6. The molecule has 0 aliphatic carbocycles. The van der Waals surface area contributed by atoms with Gasteiger partial charge >= 0.3 is 5.97 Å². The van der Waals surface area contributed by atoms with Crippen LogP contribution in [-0.4, -0.2) is 16.8 Å². The predicted octanol–water partition coefficient (Wildman–Crippen LogP) is 7.11. The highest BCUT2D eigenvalue weighted by Gasteiger charge is 2.27. The molecule has 4 rings (SSSR count). The Bertz CT molecular complexity index is 1360. The van der Waals surface area contributed by atoms with Crippen LogP contribution in [0.5, 0.6) is 5.75 Å². The highest BCUT2D eigenvalue weighted by molar-refractivity contribution is 9.11. The minimum Gasteiger partial charge on any atom is -0.486 e. The lowest BCUT2D eigenvalue weighted by Crippen LogP contribution is -2.08. The Balaban J connectivity index is 1.60. The molecule has 0 N–H and O–H groups in total. The minimum absolute atomic E-state index is 0.0315. The number of esters is 1. The van der Waals surface area contributed by atoms with Crippen LogP contribution in [0.25, 0.3) is 6.08 Å². The number of halogens is 3. The molecule has 3 aromatic carbocycles. The summed E-state index contributed by atoms with van der Waals surface area (Å²) in [6, 6.07) is 15.9. The molecule has 7 nitrogen and oxygen atoms in total. The first kappa shape index (κ1) is 24.3. The Labute approximate surface area is 220 Å². The molecule has 0 amide bonds. The van der Waals surface area contributed by atoms with Crippen LogP contribution in [0.15, 0.2) is 78.7 Å². The fraction of sp³-hybridized carbons (Fsp3) is 0.0833. The van der Waals surface area contributed by atoms with Gasteiger partial charge in [-0.25, -0.2) is 9.79 Å². The summed E-state index contributed by atoms with van der Waals surface area (Å²) in [4.78, 5) is 27.4. The molecular formula is C24H15Br3N2O5. The number of carbonyl (C=O) groups excluding carboxylic acids is 1.